The van der Waals surface area contributed by atoms with Gasteiger partial charge in [0.2, 0.25) is 0 Å². The molecule has 0 aliphatic heterocycles. The number of nitrogens with zero attached hydrogens (tertiary/aromatic N) is 2. The zero-order chi connectivity index (χ0) is 19.2. The Morgan fingerprint density at radius 2 is 2.00 bits per heavy atom. The Bertz CT molecular complexity index is 917. The minimum atomic E-state index is -0.197. The van der Waals surface area contributed by atoms with Crippen LogP contribution in [0, 0.1) is 0 Å². The first-order valence-corrected chi connectivity index (χ1v) is 9.54. The van der Waals surface area contributed by atoms with Crippen LogP contribution in [0.2, 0.25) is 0 Å². The van der Waals surface area contributed by atoms with Crippen LogP contribution < -0.4 is 10.1 Å². The number of benzene rings is 2. The first-order valence-electron chi connectivity index (χ1n) is 9.54. The molecule has 27 heavy (non-hydrogen) atoms. The second-order valence-corrected chi connectivity index (χ2v) is 6.74. The van der Waals surface area contributed by atoms with Gasteiger partial charge in [-0.3, -0.25) is 4.79 Å². The maximum atomic E-state index is 12.7. The fraction of sp³-hybridized carbons (Fsp3) is 0.364. The van der Waals surface area contributed by atoms with Crippen molar-refractivity contribution in [2.75, 3.05) is 7.11 Å². The third-order valence-electron chi connectivity index (χ3n) is 4.74. The van der Waals surface area contributed by atoms with E-state index in [2.05, 4.69) is 22.9 Å². The maximum absolute atomic E-state index is 12.7. The van der Waals surface area contributed by atoms with Gasteiger partial charge in [0.25, 0.3) is 5.91 Å². The average Bonchev–Trinajstić information content (AvgIpc) is 3.07. The highest BCUT2D eigenvalue weighted by atomic mass is 16.5. The Balaban J connectivity index is 1.84. The number of carbonyl (C=O) groups is 1. The van der Waals surface area contributed by atoms with Crippen LogP contribution >= 0.6 is 0 Å². The van der Waals surface area contributed by atoms with Gasteiger partial charge in [0.1, 0.15) is 11.6 Å². The highest BCUT2D eigenvalue weighted by Crippen LogP contribution is 2.22. The molecule has 1 aromatic heterocycles. The van der Waals surface area contributed by atoms with Gasteiger partial charge < -0.3 is 14.6 Å². The van der Waals surface area contributed by atoms with Gasteiger partial charge in [-0.1, -0.05) is 38.0 Å². The van der Waals surface area contributed by atoms with Crippen LogP contribution in [0.4, 0.5) is 0 Å². The number of aryl methyl sites for hydroxylation is 1. The number of para-hydroxylation sites is 2. The van der Waals surface area contributed by atoms with Crippen LogP contribution in [0.3, 0.4) is 0 Å². The zero-order valence-electron chi connectivity index (χ0n) is 16.2. The van der Waals surface area contributed by atoms with Crippen molar-refractivity contribution in [2.24, 2.45) is 0 Å². The number of unbranched alkanes of at least 4 members (excludes halogenated alkanes) is 2. The van der Waals surface area contributed by atoms with Crippen LogP contribution in [-0.2, 0) is 6.54 Å². The fourth-order valence-corrected chi connectivity index (χ4v) is 3.29. The molecule has 142 valence electrons. The number of rotatable bonds is 8. The Morgan fingerprint density at radius 3 is 2.78 bits per heavy atom. The molecule has 1 unspecified atom stereocenters. The van der Waals surface area contributed by atoms with E-state index in [1.165, 1.54) is 12.8 Å². The number of hydrogen-bond donors (Lipinski definition) is 1. The lowest BCUT2D eigenvalue weighted by Crippen LogP contribution is -2.28. The minimum Gasteiger partial charge on any atom is -0.497 e. The predicted octanol–water partition coefficient (Wildman–Crippen LogP) is 4.73. The van der Waals surface area contributed by atoms with Crippen molar-refractivity contribution in [2.45, 2.75) is 45.7 Å². The highest BCUT2D eigenvalue weighted by molar-refractivity contribution is 5.94. The van der Waals surface area contributed by atoms with Gasteiger partial charge in [-0.25, -0.2) is 4.98 Å². The van der Waals surface area contributed by atoms with E-state index in [9.17, 15) is 4.79 Å². The number of aromatic nitrogens is 2. The Morgan fingerprint density at radius 1 is 1.19 bits per heavy atom. The largest absolute Gasteiger partial charge is 0.497 e. The summed E-state index contributed by atoms with van der Waals surface area (Å²) in [6.45, 7) is 5.09. The van der Waals surface area contributed by atoms with Crippen LogP contribution in [0.5, 0.6) is 5.75 Å². The monoisotopic (exact) mass is 365 g/mol. The van der Waals surface area contributed by atoms with Crippen LogP contribution in [-0.4, -0.2) is 22.6 Å². The number of hydrogen-bond acceptors (Lipinski definition) is 3. The second-order valence-electron chi connectivity index (χ2n) is 6.74. The summed E-state index contributed by atoms with van der Waals surface area (Å²) < 4.78 is 7.45. The van der Waals surface area contributed by atoms with E-state index in [-0.39, 0.29) is 11.9 Å². The third kappa shape index (κ3) is 4.30. The van der Waals surface area contributed by atoms with Gasteiger partial charge in [0, 0.05) is 12.1 Å². The SMILES string of the molecule is CCCCCn1c(C(C)NC(=O)c2cccc(OC)c2)nc2ccccc21. The Labute approximate surface area is 160 Å². The molecule has 0 fully saturated rings. The summed E-state index contributed by atoms with van der Waals surface area (Å²) in [5.74, 6) is 1.43. The van der Waals surface area contributed by atoms with Crippen molar-refractivity contribution in [3.8, 4) is 5.75 Å². The zero-order valence-corrected chi connectivity index (χ0v) is 16.2. The molecule has 0 radical (unpaired) electrons. The number of fused-ring (bicyclic) bond motifs is 1. The van der Waals surface area contributed by atoms with E-state index in [4.69, 9.17) is 9.72 Å². The quantitative estimate of drug-likeness (QED) is 0.587. The number of methoxy groups -OCH3 is 1. The minimum absolute atomic E-state index is 0.131. The summed E-state index contributed by atoms with van der Waals surface area (Å²) >= 11 is 0. The van der Waals surface area contributed by atoms with Gasteiger partial charge in [-0.05, 0) is 43.7 Å². The summed E-state index contributed by atoms with van der Waals surface area (Å²) in [7, 11) is 1.60. The molecular weight excluding hydrogens is 338 g/mol. The highest BCUT2D eigenvalue weighted by Gasteiger charge is 2.19. The molecule has 5 nitrogen and oxygen atoms in total. The summed E-state index contributed by atoms with van der Waals surface area (Å²) in [6, 6.07) is 15.1. The molecule has 0 saturated carbocycles. The molecule has 1 heterocycles. The molecule has 2 aromatic carbocycles. The number of ether oxygens (including phenoxy) is 1. The van der Waals surface area contributed by atoms with Gasteiger partial charge in [-0.15, -0.1) is 0 Å². The third-order valence-corrected chi connectivity index (χ3v) is 4.74. The van der Waals surface area contributed by atoms with Crippen molar-refractivity contribution in [3.63, 3.8) is 0 Å². The standard InChI is InChI=1S/C22H27N3O2/c1-4-5-8-14-25-20-13-7-6-12-19(20)24-21(25)16(2)23-22(26)17-10-9-11-18(15-17)27-3/h6-7,9-13,15-16H,4-5,8,14H2,1-3H3,(H,23,26). The molecule has 0 bridgehead atoms. The van der Waals surface area contributed by atoms with Crippen molar-refractivity contribution < 1.29 is 9.53 Å². The molecule has 1 atom stereocenters. The molecule has 0 aliphatic carbocycles. The maximum Gasteiger partial charge on any atom is 0.251 e. The van der Waals surface area contributed by atoms with E-state index in [0.717, 1.165) is 29.8 Å². The fourth-order valence-electron chi connectivity index (χ4n) is 3.29. The lowest BCUT2D eigenvalue weighted by Gasteiger charge is -2.16. The molecule has 3 rings (SSSR count). The molecule has 1 amide bonds. The number of nitrogens with one attached hydrogen (secondary N) is 1. The lowest BCUT2D eigenvalue weighted by molar-refractivity contribution is 0.0937. The molecule has 1 N–H and O–H groups in total. The first kappa shape index (κ1) is 19.0. The molecular formula is C22H27N3O2. The van der Waals surface area contributed by atoms with Crippen molar-refractivity contribution in [3.05, 3.63) is 59.9 Å². The predicted molar refractivity (Wildman–Crippen MR) is 108 cm³/mol. The topological polar surface area (TPSA) is 56.2 Å². The summed E-state index contributed by atoms with van der Waals surface area (Å²) in [5.41, 5.74) is 2.66. The number of amides is 1. The summed E-state index contributed by atoms with van der Waals surface area (Å²) in [5, 5.41) is 3.08. The first-order chi connectivity index (χ1) is 13.1. The lowest BCUT2D eigenvalue weighted by atomic mass is 10.2. The molecule has 0 spiro atoms. The van der Waals surface area contributed by atoms with Crippen LogP contribution in [0.15, 0.2) is 48.5 Å². The smallest absolute Gasteiger partial charge is 0.251 e. The molecule has 3 aromatic rings. The second kappa shape index (κ2) is 8.71. The van der Waals surface area contributed by atoms with Crippen molar-refractivity contribution in [1.82, 2.24) is 14.9 Å². The van der Waals surface area contributed by atoms with Gasteiger partial charge in [-0.2, -0.15) is 0 Å². The van der Waals surface area contributed by atoms with E-state index in [1.807, 2.05) is 37.3 Å². The number of imidazole rings is 1. The average molecular weight is 365 g/mol. The van der Waals surface area contributed by atoms with Gasteiger partial charge in [0.15, 0.2) is 0 Å². The van der Waals surface area contributed by atoms with Gasteiger partial charge in [0.05, 0.1) is 24.2 Å². The van der Waals surface area contributed by atoms with Crippen LogP contribution in [0.1, 0.15) is 55.3 Å². The van der Waals surface area contributed by atoms with E-state index >= 15 is 0 Å². The van der Waals surface area contributed by atoms with E-state index in [1.54, 1.807) is 19.2 Å². The Hall–Kier alpha value is -2.82. The van der Waals surface area contributed by atoms with E-state index in [0.29, 0.717) is 11.3 Å². The molecule has 0 saturated heterocycles. The van der Waals surface area contributed by atoms with E-state index < -0.39 is 0 Å². The van der Waals surface area contributed by atoms with Gasteiger partial charge >= 0.3 is 0 Å². The summed E-state index contributed by atoms with van der Waals surface area (Å²) in [6.07, 6.45) is 3.45. The normalized spacial score (nSPS) is 12.1. The van der Waals surface area contributed by atoms with Crippen molar-refractivity contribution >= 4 is 16.9 Å². The van der Waals surface area contributed by atoms with Crippen molar-refractivity contribution in [1.29, 1.82) is 0 Å². The number of carbonyl (C=O) groups excluding carboxylic acids is 1. The summed E-state index contributed by atoms with van der Waals surface area (Å²) in [4.78, 5) is 17.5. The van der Waals surface area contributed by atoms with Crippen LogP contribution in [0.25, 0.3) is 11.0 Å². The Kier molecular flexibility index (Phi) is 6.12. The molecule has 5 heteroatoms. The molecule has 0 aliphatic rings.